The van der Waals surface area contributed by atoms with Gasteiger partial charge in [0.2, 0.25) is 11.8 Å². The van der Waals surface area contributed by atoms with Gasteiger partial charge in [0, 0.05) is 19.2 Å². The Bertz CT molecular complexity index is 683. The molecule has 0 aliphatic heterocycles. The maximum absolute atomic E-state index is 12.4. The average molecular weight is 376 g/mol. The highest BCUT2D eigenvalue weighted by Gasteiger charge is 2.21. The summed E-state index contributed by atoms with van der Waals surface area (Å²) in [4.78, 5) is 35.8. The molecule has 0 spiro atoms. The molecular weight excluding hydrogens is 348 g/mol. The fraction of sp³-hybridized carbons (Fsp3) is 0.550. The van der Waals surface area contributed by atoms with E-state index >= 15 is 0 Å². The number of anilines is 1. The first kappa shape index (κ1) is 20.9. The Hall–Kier alpha value is -2.41. The molecule has 1 unspecified atom stereocenters. The summed E-state index contributed by atoms with van der Waals surface area (Å²) in [5, 5.41) is 14.6. The van der Waals surface area contributed by atoms with E-state index in [2.05, 4.69) is 10.6 Å². The van der Waals surface area contributed by atoms with E-state index in [9.17, 15) is 19.5 Å². The SMILES string of the molecule is COCc1cc(NC(=O)C(C)NC(=O)CC2CCCCC2)cc(C(=O)O)c1. The Labute approximate surface area is 159 Å². The van der Waals surface area contributed by atoms with E-state index in [4.69, 9.17) is 4.74 Å². The third-order valence-corrected chi connectivity index (χ3v) is 4.79. The number of carboxylic acids is 1. The van der Waals surface area contributed by atoms with E-state index in [1.54, 1.807) is 13.0 Å². The molecule has 1 aliphatic carbocycles. The molecule has 7 nitrogen and oxygen atoms in total. The van der Waals surface area contributed by atoms with Gasteiger partial charge in [-0.25, -0.2) is 4.79 Å². The van der Waals surface area contributed by atoms with E-state index in [1.807, 2.05) is 0 Å². The molecule has 0 bridgehead atoms. The van der Waals surface area contributed by atoms with Crippen molar-refractivity contribution in [3.8, 4) is 0 Å². The minimum atomic E-state index is -1.09. The zero-order chi connectivity index (χ0) is 19.8. The zero-order valence-electron chi connectivity index (χ0n) is 15.9. The molecule has 1 aromatic carbocycles. The lowest BCUT2D eigenvalue weighted by Gasteiger charge is -2.22. The van der Waals surface area contributed by atoms with E-state index < -0.39 is 17.9 Å². The van der Waals surface area contributed by atoms with Crippen LogP contribution < -0.4 is 10.6 Å². The normalized spacial score (nSPS) is 15.8. The summed E-state index contributed by atoms with van der Waals surface area (Å²) in [6.45, 7) is 1.85. The van der Waals surface area contributed by atoms with Crippen molar-refractivity contribution >= 4 is 23.5 Å². The summed E-state index contributed by atoms with van der Waals surface area (Å²) in [5.41, 5.74) is 1.07. The number of hydrogen-bond donors (Lipinski definition) is 3. The van der Waals surface area contributed by atoms with Crippen LogP contribution in [0.1, 0.15) is 61.4 Å². The summed E-state index contributed by atoms with van der Waals surface area (Å²) in [5.74, 6) is -1.20. The van der Waals surface area contributed by atoms with Crippen LogP contribution >= 0.6 is 0 Å². The number of ether oxygens (including phenoxy) is 1. The molecular formula is C20H28N2O5. The zero-order valence-corrected chi connectivity index (χ0v) is 15.9. The van der Waals surface area contributed by atoms with Crippen molar-refractivity contribution in [2.45, 2.75) is 58.1 Å². The molecule has 1 atom stereocenters. The standard InChI is InChI=1S/C20H28N2O5/c1-13(21-18(23)10-14-6-4-3-5-7-14)19(24)22-17-9-15(12-27-2)8-16(11-17)20(25)26/h8-9,11,13-14H,3-7,10,12H2,1-2H3,(H,21,23)(H,22,24)(H,25,26). The highest BCUT2D eigenvalue weighted by Crippen LogP contribution is 2.26. The Morgan fingerprint density at radius 1 is 1.19 bits per heavy atom. The monoisotopic (exact) mass is 376 g/mol. The molecule has 7 heteroatoms. The summed E-state index contributed by atoms with van der Waals surface area (Å²) in [7, 11) is 1.51. The van der Waals surface area contributed by atoms with Gasteiger partial charge in [-0.3, -0.25) is 9.59 Å². The number of rotatable bonds is 8. The van der Waals surface area contributed by atoms with Crippen molar-refractivity contribution < 1.29 is 24.2 Å². The largest absolute Gasteiger partial charge is 0.478 e. The molecule has 148 valence electrons. The van der Waals surface area contributed by atoms with E-state index in [1.165, 1.54) is 25.7 Å². The van der Waals surface area contributed by atoms with Gasteiger partial charge in [0.25, 0.3) is 0 Å². The van der Waals surface area contributed by atoms with Crippen molar-refractivity contribution in [3.05, 3.63) is 29.3 Å². The number of hydrogen-bond acceptors (Lipinski definition) is 4. The molecule has 2 amide bonds. The third kappa shape index (κ3) is 6.67. The lowest BCUT2D eigenvalue weighted by molar-refractivity contribution is -0.126. The number of methoxy groups -OCH3 is 1. The smallest absolute Gasteiger partial charge is 0.335 e. The van der Waals surface area contributed by atoms with Crippen molar-refractivity contribution in [2.75, 3.05) is 12.4 Å². The van der Waals surface area contributed by atoms with Gasteiger partial charge >= 0.3 is 5.97 Å². The predicted octanol–water partition coefficient (Wildman–Crippen LogP) is 2.94. The van der Waals surface area contributed by atoms with Crippen LogP contribution in [0.4, 0.5) is 5.69 Å². The number of amides is 2. The van der Waals surface area contributed by atoms with E-state index in [0.29, 0.717) is 23.6 Å². The molecule has 2 rings (SSSR count). The topological polar surface area (TPSA) is 105 Å². The molecule has 1 aliphatic rings. The minimum absolute atomic E-state index is 0.0637. The molecule has 0 saturated heterocycles. The van der Waals surface area contributed by atoms with Crippen LogP contribution in [-0.4, -0.2) is 36.0 Å². The second kappa shape index (κ2) is 10.1. The number of nitrogens with one attached hydrogen (secondary N) is 2. The van der Waals surface area contributed by atoms with Crippen molar-refractivity contribution in [3.63, 3.8) is 0 Å². The molecule has 27 heavy (non-hydrogen) atoms. The Kier molecular flexibility index (Phi) is 7.79. The molecule has 0 radical (unpaired) electrons. The quantitative estimate of drug-likeness (QED) is 0.647. The second-order valence-electron chi connectivity index (χ2n) is 7.14. The van der Waals surface area contributed by atoms with E-state index in [0.717, 1.165) is 25.7 Å². The van der Waals surface area contributed by atoms with Crippen molar-refractivity contribution in [2.24, 2.45) is 5.92 Å². The van der Waals surface area contributed by atoms with Crippen molar-refractivity contribution in [1.29, 1.82) is 0 Å². The first-order valence-electron chi connectivity index (χ1n) is 9.35. The van der Waals surface area contributed by atoms with Gasteiger partial charge in [-0.05, 0) is 49.4 Å². The number of carboxylic acid groups (broad SMARTS) is 1. The van der Waals surface area contributed by atoms with E-state index in [-0.39, 0.29) is 18.1 Å². The van der Waals surface area contributed by atoms with Crippen molar-refractivity contribution in [1.82, 2.24) is 5.32 Å². The third-order valence-electron chi connectivity index (χ3n) is 4.79. The van der Waals surface area contributed by atoms with Crippen LogP contribution in [0.2, 0.25) is 0 Å². The lowest BCUT2D eigenvalue weighted by Crippen LogP contribution is -2.42. The van der Waals surface area contributed by atoms with Gasteiger partial charge in [-0.1, -0.05) is 19.3 Å². The van der Waals surface area contributed by atoms with Crippen LogP contribution in [0.5, 0.6) is 0 Å². The Morgan fingerprint density at radius 2 is 1.89 bits per heavy atom. The number of benzene rings is 1. The summed E-state index contributed by atoms with van der Waals surface area (Å²) in [6.07, 6.45) is 6.15. The molecule has 0 heterocycles. The van der Waals surface area contributed by atoms with Crippen LogP contribution in [0.25, 0.3) is 0 Å². The van der Waals surface area contributed by atoms with Crippen LogP contribution in [0.15, 0.2) is 18.2 Å². The maximum atomic E-state index is 12.4. The van der Waals surface area contributed by atoms with Gasteiger partial charge in [0.15, 0.2) is 0 Å². The minimum Gasteiger partial charge on any atom is -0.478 e. The fourth-order valence-electron chi connectivity index (χ4n) is 3.41. The van der Waals surface area contributed by atoms with Crippen LogP contribution in [0.3, 0.4) is 0 Å². The second-order valence-corrected chi connectivity index (χ2v) is 7.14. The van der Waals surface area contributed by atoms with Gasteiger partial charge in [-0.15, -0.1) is 0 Å². The first-order chi connectivity index (χ1) is 12.9. The van der Waals surface area contributed by atoms with Crippen LogP contribution in [-0.2, 0) is 20.9 Å². The lowest BCUT2D eigenvalue weighted by atomic mass is 9.87. The Balaban J connectivity index is 1.94. The number of carbonyl (C=O) groups is 3. The predicted molar refractivity (Wildman–Crippen MR) is 102 cm³/mol. The summed E-state index contributed by atoms with van der Waals surface area (Å²) in [6, 6.07) is 3.83. The molecule has 1 aromatic rings. The molecule has 1 fully saturated rings. The molecule has 0 aromatic heterocycles. The van der Waals surface area contributed by atoms with Crippen LogP contribution in [0, 0.1) is 5.92 Å². The first-order valence-corrected chi connectivity index (χ1v) is 9.35. The van der Waals surface area contributed by atoms with Gasteiger partial charge in [0.05, 0.1) is 12.2 Å². The van der Waals surface area contributed by atoms with Gasteiger partial charge in [0.1, 0.15) is 6.04 Å². The van der Waals surface area contributed by atoms with Gasteiger partial charge in [-0.2, -0.15) is 0 Å². The fourth-order valence-corrected chi connectivity index (χ4v) is 3.41. The Morgan fingerprint density at radius 3 is 2.52 bits per heavy atom. The summed E-state index contributed by atoms with van der Waals surface area (Å²) < 4.78 is 5.03. The maximum Gasteiger partial charge on any atom is 0.335 e. The highest BCUT2D eigenvalue weighted by molar-refractivity contribution is 5.98. The summed E-state index contributed by atoms with van der Waals surface area (Å²) >= 11 is 0. The number of carbonyl (C=O) groups excluding carboxylic acids is 2. The highest BCUT2D eigenvalue weighted by atomic mass is 16.5. The molecule has 1 saturated carbocycles. The molecule has 3 N–H and O–H groups in total. The van der Waals surface area contributed by atoms with Gasteiger partial charge < -0.3 is 20.5 Å². The average Bonchev–Trinajstić information content (AvgIpc) is 2.62. The number of aromatic carboxylic acids is 1.